The predicted molar refractivity (Wildman–Crippen MR) is 80.7 cm³/mol. The molecule has 3 atom stereocenters. The molecule has 2 rings (SSSR count). The van der Waals surface area contributed by atoms with Crippen molar-refractivity contribution in [3.8, 4) is 0 Å². The van der Waals surface area contributed by atoms with Crippen molar-refractivity contribution in [2.24, 2.45) is 5.73 Å². The highest BCUT2D eigenvalue weighted by atomic mass is 32.1. The number of rotatable bonds is 5. The van der Waals surface area contributed by atoms with Gasteiger partial charge in [-0.1, -0.05) is 0 Å². The van der Waals surface area contributed by atoms with Crippen LogP contribution in [0.15, 0.2) is 16.8 Å². The van der Waals surface area contributed by atoms with Crippen molar-refractivity contribution in [1.29, 1.82) is 0 Å². The van der Waals surface area contributed by atoms with E-state index in [0.29, 0.717) is 18.5 Å². The molecule has 1 aliphatic heterocycles. The first-order chi connectivity index (χ1) is 9.93. The zero-order chi connectivity index (χ0) is 15.6. The molecule has 1 aromatic heterocycles. The SMILES string of the molecule is CN(C)[C@H](C(=O)N1CCCC1C(N)=O)[C@@H](O)c1ccsc1. The number of nitrogens with two attached hydrogens (primary N) is 1. The van der Waals surface area contributed by atoms with E-state index in [4.69, 9.17) is 5.73 Å². The van der Waals surface area contributed by atoms with Crippen LogP contribution in [0.3, 0.4) is 0 Å². The maximum Gasteiger partial charge on any atom is 0.243 e. The molecule has 0 bridgehead atoms. The number of primary amides is 1. The number of thiophene rings is 1. The molecule has 1 aliphatic rings. The van der Waals surface area contributed by atoms with E-state index in [1.165, 1.54) is 16.2 Å². The second kappa shape index (κ2) is 6.55. The number of hydrogen-bond donors (Lipinski definition) is 2. The van der Waals surface area contributed by atoms with Crippen LogP contribution in [0.4, 0.5) is 0 Å². The van der Waals surface area contributed by atoms with E-state index in [1.807, 2.05) is 10.8 Å². The fourth-order valence-electron chi connectivity index (χ4n) is 2.76. The van der Waals surface area contributed by atoms with Gasteiger partial charge in [-0.05, 0) is 49.3 Å². The number of likely N-dealkylation sites (N-methyl/N-ethyl adjacent to an activating group) is 1. The molecule has 1 unspecified atom stereocenters. The molecule has 0 radical (unpaired) electrons. The normalized spacial score (nSPS) is 21.5. The zero-order valence-corrected chi connectivity index (χ0v) is 13.0. The molecule has 6 nitrogen and oxygen atoms in total. The average molecular weight is 311 g/mol. The molecule has 116 valence electrons. The lowest BCUT2D eigenvalue weighted by Crippen LogP contribution is -2.53. The number of carbonyl (C=O) groups excluding carboxylic acids is 2. The van der Waals surface area contributed by atoms with Crippen molar-refractivity contribution in [2.45, 2.75) is 31.0 Å². The van der Waals surface area contributed by atoms with Crippen molar-refractivity contribution < 1.29 is 14.7 Å². The molecular formula is C14H21N3O3S. The van der Waals surface area contributed by atoms with Gasteiger partial charge in [0.1, 0.15) is 18.2 Å². The van der Waals surface area contributed by atoms with Gasteiger partial charge < -0.3 is 15.7 Å². The second-order valence-corrected chi connectivity index (χ2v) is 6.28. The van der Waals surface area contributed by atoms with Gasteiger partial charge in [0, 0.05) is 6.54 Å². The van der Waals surface area contributed by atoms with Crippen LogP contribution in [-0.2, 0) is 9.59 Å². The van der Waals surface area contributed by atoms with E-state index in [9.17, 15) is 14.7 Å². The standard InChI is InChI=1S/C14H21N3O3S/c1-16(2)11(12(18)9-5-7-21-8-9)14(20)17-6-3-4-10(17)13(15)19/h5,7-8,10-12,18H,3-4,6H2,1-2H3,(H2,15,19)/t10?,11-,12-/m0/s1. The highest BCUT2D eigenvalue weighted by Crippen LogP contribution is 2.26. The lowest BCUT2D eigenvalue weighted by molar-refractivity contribution is -0.144. The van der Waals surface area contributed by atoms with E-state index < -0.39 is 24.1 Å². The number of aliphatic hydroxyl groups is 1. The first-order valence-electron chi connectivity index (χ1n) is 6.90. The Kier molecular flexibility index (Phi) is 4.97. The van der Waals surface area contributed by atoms with E-state index in [2.05, 4.69) is 0 Å². The van der Waals surface area contributed by atoms with Crippen LogP contribution >= 0.6 is 11.3 Å². The van der Waals surface area contributed by atoms with Gasteiger partial charge in [0.05, 0.1) is 0 Å². The minimum atomic E-state index is -0.923. The van der Waals surface area contributed by atoms with Crippen LogP contribution in [-0.4, -0.2) is 59.4 Å². The fraction of sp³-hybridized carbons (Fsp3) is 0.571. The zero-order valence-electron chi connectivity index (χ0n) is 12.2. The van der Waals surface area contributed by atoms with Crippen LogP contribution in [0.25, 0.3) is 0 Å². The number of likely N-dealkylation sites (tertiary alicyclic amines) is 1. The van der Waals surface area contributed by atoms with Gasteiger partial charge in [0.2, 0.25) is 11.8 Å². The fourth-order valence-corrected chi connectivity index (χ4v) is 3.45. The molecule has 0 saturated carbocycles. The number of aliphatic hydroxyl groups excluding tert-OH is 1. The Morgan fingerprint density at radius 1 is 1.52 bits per heavy atom. The Hall–Kier alpha value is -1.44. The van der Waals surface area contributed by atoms with Gasteiger partial charge in [0.15, 0.2) is 0 Å². The lowest BCUT2D eigenvalue weighted by Gasteiger charge is -2.33. The predicted octanol–water partition coefficient (Wildman–Crippen LogP) is 0.188. The highest BCUT2D eigenvalue weighted by Gasteiger charge is 2.40. The molecule has 2 heterocycles. The molecule has 7 heteroatoms. The van der Waals surface area contributed by atoms with E-state index in [0.717, 1.165) is 6.42 Å². The van der Waals surface area contributed by atoms with Crippen molar-refractivity contribution >= 4 is 23.2 Å². The lowest BCUT2D eigenvalue weighted by atomic mass is 10.0. The van der Waals surface area contributed by atoms with Gasteiger partial charge in [-0.3, -0.25) is 14.5 Å². The first-order valence-corrected chi connectivity index (χ1v) is 7.84. The van der Waals surface area contributed by atoms with E-state index in [1.54, 1.807) is 25.1 Å². The molecule has 0 aromatic carbocycles. The molecule has 0 spiro atoms. The Morgan fingerprint density at radius 3 is 2.76 bits per heavy atom. The number of hydrogen-bond acceptors (Lipinski definition) is 5. The number of carbonyl (C=O) groups is 2. The third-order valence-corrected chi connectivity index (χ3v) is 4.56. The molecule has 0 aliphatic carbocycles. The van der Waals surface area contributed by atoms with Crippen molar-refractivity contribution in [3.63, 3.8) is 0 Å². The van der Waals surface area contributed by atoms with Crippen LogP contribution < -0.4 is 5.73 Å². The van der Waals surface area contributed by atoms with E-state index >= 15 is 0 Å². The number of amides is 2. The summed E-state index contributed by atoms with van der Waals surface area (Å²) in [7, 11) is 3.49. The molecule has 2 amide bonds. The van der Waals surface area contributed by atoms with Crippen molar-refractivity contribution in [1.82, 2.24) is 9.80 Å². The van der Waals surface area contributed by atoms with Crippen LogP contribution in [0.2, 0.25) is 0 Å². The van der Waals surface area contributed by atoms with Crippen LogP contribution in [0.5, 0.6) is 0 Å². The smallest absolute Gasteiger partial charge is 0.243 e. The second-order valence-electron chi connectivity index (χ2n) is 5.50. The minimum Gasteiger partial charge on any atom is -0.386 e. The molecule has 21 heavy (non-hydrogen) atoms. The van der Waals surface area contributed by atoms with Crippen LogP contribution in [0.1, 0.15) is 24.5 Å². The Morgan fingerprint density at radius 2 is 2.24 bits per heavy atom. The van der Waals surface area contributed by atoms with Crippen molar-refractivity contribution in [3.05, 3.63) is 22.4 Å². The summed E-state index contributed by atoms with van der Waals surface area (Å²) in [4.78, 5) is 27.4. The summed E-state index contributed by atoms with van der Waals surface area (Å²) in [6.07, 6.45) is 0.428. The molecule has 1 saturated heterocycles. The third kappa shape index (κ3) is 3.25. The van der Waals surface area contributed by atoms with Gasteiger partial charge in [0.25, 0.3) is 0 Å². The topological polar surface area (TPSA) is 86.9 Å². The largest absolute Gasteiger partial charge is 0.386 e. The summed E-state index contributed by atoms with van der Waals surface area (Å²) in [5.74, 6) is -0.733. The summed E-state index contributed by atoms with van der Waals surface area (Å²) >= 11 is 1.47. The summed E-state index contributed by atoms with van der Waals surface area (Å²) < 4.78 is 0. The summed E-state index contributed by atoms with van der Waals surface area (Å²) in [6.45, 7) is 0.507. The minimum absolute atomic E-state index is 0.250. The Balaban J connectivity index is 2.22. The number of nitrogens with zero attached hydrogens (tertiary/aromatic N) is 2. The maximum atomic E-state index is 12.8. The van der Waals surface area contributed by atoms with Gasteiger partial charge in [-0.15, -0.1) is 0 Å². The summed E-state index contributed by atoms with van der Waals surface area (Å²) in [5.41, 5.74) is 6.08. The Labute approximate surface area is 128 Å². The molecule has 3 N–H and O–H groups in total. The van der Waals surface area contributed by atoms with Gasteiger partial charge in [-0.25, -0.2) is 0 Å². The first kappa shape index (κ1) is 15.9. The molecule has 1 aromatic rings. The monoisotopic (exact) mass is 311 g/mol. The van der Waals surface area contributed by atoms with Crippen molar-refractivity contribution in [2.75, 3.05) is 20.6 Å². The van der Waals surface area contributed by atoms with Crippen LogP contribution in [0, 0.1) is 0 Å². The summed E-state index contributed by atoms with van der Waals surface area (Å²) in [5, 5.41) is 14.2. The maximum absolute atomic E-state index is 12.8. The Bertz CT molecular complexity index is 504. The third-order valence-electron chi connectivity index (χ3n) is 3.86. The van der Waals surface area contributed by atoms with E-state index in [-0.39, 0.29) is 5.91 Å². The molecule has 1 fully saturated rings. The average Bonchev–Trinajstić information content (AvgIpc) is 3.09. The van der Waals surface area contributed by atoms with Gasteiger partial charge >= 0.3 is 0 Å². The summed E-state index contributed by atoms with van der Waals surface area (Å²) in [6, 6.07) is 0.517. The quantitative estimate of drug-likeness (QED) is 0.812. The molecular weight excluding hydrogens is 290 g/mol. The highest BCUT2D eigenvalue weighted by molar-refractivity contribution is 7.07. The van der Waals surface area contributed by atoms with Gasteiger partial charge in [-0.2, -0.15) is 11.3 Å².